The maximum Gasteiger partial charge on any atom is 0.221 e. The summed E-state index contributed by atoms with van der Waals surface area (Å²) in [5.74, 6) is 0.550. The lowest BCUT2D eigenvalue weighted by molar-refractivity contribution is -0.121. The van der Waals surface area contributed by atoms with Crippen molar-refractivity contribution in [1.29, 1.82) is 0 Å². The third-order valence-corrected chi connectivity index (χ3v) is 3.97. The van der Waals surface area contributed by atoms with Crippen LogP contribution in [0.5, 0.6) is 5.75 Å². The van der Waals surface area contributed by atoms with Gasteiger partial charge in [0.2, 0.25) is 5.91 Å². The van der Waals surface area contributed by atoms with Crippen molar-refractivity contribution in [3.63, 3.8) is 0 Å². The van der Waals surface area contributed by atoms with E-state index in [9.17, 15) is 4.79 Å². The quantitative estimate of drug-likeness (QED) is 0.837. The number of hydrogen-bond donors (Lipinski definition) is 2. The molecular formula is C15H23N3O2. The lowest BCUT2D eigenvalue weighted by atomic mass is 9.99. The molecule has 1 heterocycles. The van der Waals surface area contributed by atoms with Crippen molar-refractivity contribution in [1.82, 2.24) is 4.90 Å². The first kappa shape index (κ1) is 14.8. The Morgan fingerprint density at radius 2 is 2.05 bits per heavy atom. The highest BCUT2D eigenvalue weighted by atomic mass is 16.5. The number of nitrogens with two attached hydrogens (primary N) is 2. The number of amides is 1. The minimum atomic E-state index is -0.217. The van der Waals surface area contributed by atoms with Crippen molar-refractivity contribution in [3.8, 4) is 5.75 Å². The molecule has 1 aliphatic rings. The Morgan fingerprint density at radius 1 is 1.40 bits per heavy atom. The van der Waals surface area contributed by atoms with Crippen LogP contribution < -0.4 is 16.2 Å². The SMILES string of the molecule is COc1ccc(C(C(C)N)N2CCC(C(N)=O)C2)cc1. The zero-order valence-corrected chi connectivity index (χ0v) is 12.1. The van der Waals surface area contributed by atoms with E-state index < -0.39 is 0 Å². The minimum absolute atomic E-state index is 0.0185. The van der Waals surface area contributed by atoms with Gasteiger partial charge in [0, 0.05) is 18.6 Å². The molecule has 5 heteroatoms. The Balaban J connectivity index is 2.16. The van der Waals surface area contributed by atoms with Gasteiger partial charge in [0.1, 0.15) is 5.75 Å². The van der Waals surface area contributed by atoms with Crippen LogP contribution in [0.15, 0.2) is 24.3 Å². The van der Waals surface area contributed by atoms with Gasteiger partial charge in [-0.3, -0.25) is 9.69 Å². The number of likely N-dealkylation sites (tertiary alicyclic amines) is 1. The molecule has 1 aromatic rings. The van der Waals surface area contributed by atoms with Gasteiger partial charge in [-0.2, -0.15) is 0 Å². The zero-order valence-electron chi connectivity index (χ0n) is 12.1. The van der Waals surface area contributed by atoms with Crippen molar-refractivity contribution in [2.75, 3.05) is 20.2 Å². The van der Waals surface area contributed by atoms with E-state index in [4.69, 9.17) is 16.2 Å². The van der Waals surface area contributed by atoms with Crippen LogP contribution in [0.2, 0.25) is 0 Å². The summed E-state index contributed by atoms with van der Waals surface area (Å²) in [5, 5.41) is 0. The minimum Gasteiger partial charge on any atom is -0.497 e. The summed E-state index contributed by atoms with van der Waals surface area (Å²) in [5.41, 5.74) is 12.7. The molecule has 1 fully saturated rings. The summed E-state index contributed by atoms with van der Waals surface area (Å²) in [7, 11) is 1.65. The average Bonchev–Trinajstić information content (AvgIpc) is 2.89. The molecule has 0 aliphatic carbocycles. The normalized spacial score (nSPS) is 22.4. The smallest absolute Gasteiger partial charge is 0.221 e. The molecule has 0 bridgehead atoms. The number of nitrogens with zero attached hydrogens (tertiary/aromatic N) is 1. The van der Waals surface area contributed by atoms with Crippen molar-refractivity contribution in [2.45, 2.75) is 25.4 Å². The fourth-order valence-corrected chi connectivity index (χ4v) is 2.92. The lowest BCUT2D eigenvalue weighted by Crippen LogP contribution is -2.39. The molecule has 0 radical (unpaired) electrons. The first-order chi connectivity index (χ1) is 9.52. The number of hydrogen-bond acceptors (Lipinski definition) is 4. The van der Waals surface area contributed by atoms with Crippen molar-refractivity contribution >= 4 is 5.91 Å². The van der Waals surface area contributed by atoms with Gasteiger partial charge >= 0.3 is 0 Å². The summed E-state index contributed by atoms with van der Waals surface area (Å²) >= 11 is 0. The van der Waals surface area contributed by atoms with Gasteiger partial charge in [0.05, 0.1) is 13.0 Å². The summed E-state index contributed by atoms with van der Waals surface area (Å²) in [6.07, 6.45) is 0.814. The van der Waals surface area contributed by atoms with Gasteiger partial charge in [0.15, 0.2) is 0 Å². The number of ether oxygens (including phenoxy) is 1. The second kappa shape index (κ2) is 6.24. The largest absolute Gasteiger partial charge is 0.497 e. The van der Waals surface area contributed by atoms with Gasteiger partial charge in [0.25, 0.3) is 0 Å². The molecule has 4 N–H and O–H groups in total. The van der Waals surface area contributed by atoms with Crippen molar-refractivity contribution in [2.24, 2.45) is 17.4 Å². The second-order valence-electron chi connectivity index (χ2n) is 5.46. The number of rotatable bonds is 5. The summed E-state index contributed by atoms with van der Waals surface area (Å²) in [6, 6.07) is 8.02. The molecule has 0 saturated carbocycles. The molecule has 1 amide bonds. The Bertz CT molecular complexity index is 459. The molecule has 5 nitrogen and oxygen atoms in total. The highest BCUT2D eigenvalue weighted by Gasteiger charge is 2.33. The van der Waals surface area contributed by atoms with Crippen LogP contribution in [0.25, 0.3) is 0 Å². The highest BCUT2D eigenvalue weighted by Crippen LogP contribution is 2.30. The molecule has 1 aliphatic heterocycles. The van der Waals surface area contributed by atoms with E-state index in [0.717, 1.165) is 24.3 Å². The number of carbonyl (C=O) groups is 1. The molecule has 0 aromatic heterocycles. The molecule has 0 spiro atoms. The van der Waals surface area contributed by atoms with E-state index in [1.165, 1.54) is 0 Å². The fourth-order valence-electron chi connectivity index (χ4n) is 2.92. The van der Waals surface area contributed by atoms with Crippen molar-refractivity contribution < 1.29 is 9.53 Å². The predicted octanol–water partition coefficient (Wildman–Crippen LogP) is 0.891. The number of carbonyl (C=O) groups excluding carboxylic acids is 1. The van der Waals surface area contributed by atoms with Crippen LogP contribution in [0.1, 0.15) is 24.9 Å². The van der Waals surface area contributed by atoms with Crippen LogP contribution in [0.4, 0.5) is 0 Å². The Hall–Kier alpha value is -1.59. The standard InChI is InChI=1S/C15H23N3O2/c1-10(16)14(11-3-5-13(20-2)6-4-11)18-8-7-12(9-18)15(17)19/h3-6,10,12,14H,7-9,16H2,1-2H3,(H2,17,19). The lowest BCUT2D eigenvalue weighted by Gasteiger charge is -2.31. The fraction of sp³-hybridized carbons (Fsp3) is 0.533. The van der Waals surface area contributed by atoms with Gasteiger partial charge < -0.3 is 16.2 Å². The van der Waals surface area contributed by atoms with Crippen LogP contribution in [-0.4, -0.2) is 37.0 Å². The van der Waals surface area contributed by atoms with Gasteiger partial charge in [-0.15, -0.1) is 0 Å². The van der Waals surface area contributed by atoms with E-state index in [2.05, 4.69) is 4.90 Å². The van der Waals surface area contributed by atoms with Gasteiger partial charge in [-0.25, -0.2) is 0 Å². The first-order valence-electron chi connectivity index (χ1n) is 6.96. The number of benzene rings is 1. The molecule has 20 heavy (non-hydrogen) atoms. The van der Waals surface area contributed by atoms with E-state index >= 15 is 0 Å². The van der Waals surface area contributed by atoms with Crippen molar-refractivity contribution in [3.05, 3.63) is 29.8 Å². The highest BCUT2D eigenvalue weighted by molar-refractivity contribution is 5.77. The third-order valence-electron chi connectivity index (χ3n) is 3.97. The Labute approximate surface area is 119 Å². The summed E-state index contributed by atoms with van der Waals surface area (Å²) in [6.45, 7) is 3.53. The number of methoxy groups -OCH3 is 1. The Kier molecular flexibility index (Phi) is 4.62. The van der Waals surface area contributed by atoms with E-state index in [1.54, 1.807) is 7.11 Å². The first-order valence-corrected chi connectivity index (χ1v) is 6.96. The second-order valence-corrected chi connectivity index (χ2v) is 5.46. The maximum absolute atomic E-state index is 11.3. The molecule has 2 rings (SSSR count). The molecular weight excluding hydrogens is 254 g/mol. The van der Waals surface area contributed by atoms with E-state index in [1.807, 2.05) is 31.2 Å². The van der Waals surface area contributed by atoms with Crippen LogP contribution in [-0.2, 0) is 4.79 Å². The topological polar surface area (TPSA) is 81.6 Å². The zero-order chi connectivity index (χ0) is 14.7. The van der Waals surface area contributed by atoms with Gasteiger partial charge in [-0.1, -0.05) is 12.1 Å². The molecule has 110 valence electrons. The third kappa shape index (κ3) is 3.11. The molecule has 1 aromatic carbocycles. The van der Waals surface area contributed by atoms with E-state index in [-0.39, 0.29) is 23.9 Å². The predicted molar refractivity (Wildman–Crippen MR) is 78.3 cm³/mol. The Morgan fingerprint density at radius 3 is 2.50 bits per heavy atom. The van der Waals surface area contributed by atoms with Crippen LogP contribution in [0.3, 0.4) is 0 Å². The van der Waals surface area contributed by atoms with Gasteiger partial charge in [-0.05, 0) is 37.6 Å². The average molecular weight is 277 g/mol. The molecule has 1 saturated heterocycles. The summed E-state index contributed by atoms with van der Waals surface area (Å²) < 4.78 is 5.18. The van der Waals surface area contributed by atoms with E-state index in [0.29, 0.717) is 6.54 Å². The van der Waals surface area contributed by atoms with Crippen LogP contribution >= 0.6 is 0 Å². The molecule has 3 atom stereocenters. The maximum atomic E-state index is 11.3. The summed E-state index contributed by atoms with van der Waals surface area (Å²) in [4.78, 5) is 13.6. The molecule has 3 unspecified atom stereocenters. The number of primary amides is 1. The van der Waals surface area contributed by atoms with Crippen LogP contribution in [0, 0.1) is 5.92 Å². The monoisotopic (exact) mass is 277 g/mol.